The fraction of sp³-hybridized carbons (Fsp3) is 0. The molecule has 0 amide bonds. The first-order valence-electron chi connectivity index (χ1n) is 14.0. The molecular formula is C38H22N4O. The van der Waals surface area contributed by atoms with Crippen LogP contribution in [-0.2, 0) is 0 Å². The summed E-state index contributed by atoms with van der Waals surface area (Å²) < 4.78 is 8.63. The number of hydrogen-bond acceptors (Lipinski definition) is 4. The van der Waals surface area contributed by atoms with E-state index in [0.717, 1.165) is 60.8 Å². The van der Waals surface area contributed by atoms with Crippen molar-refractivity contribution in [1.29, 1.82) is 10.5 Å². The van der Waals surface area contributed by atoms with Gasteiger partial charge in [-0.05, 0) is 78.9 Å². The van der Waals surface area contributed by atoms with Gasteiger partial charge in [0.05, 0.1) is 39.3 Å². The highest BCUT2D eigenvalue weighted by Crippen LogP contribution is 2.43. The van der Waals surface area contributed by atoms with Gasteiger partial charge in [0.15, 0.2) is 0 Å². The number of aromatic nitrogens is 1. The van der Waals surface area contributed by atoms with Gasteiger partial charge in [-0.3, -0.25) is 0 Å². The van der Waals surface area contributed by atoms with Crippen molar-refractivity contribution in [1.82, 2.24) is 4.57 Å². The molecular weight excluding hydrogens is 528 g/mol. The molecule has 8 rings (SSSR count). The van der Waals surface area contributed by atoms with E-state index in [2.05, 4.69) is 82.3 Å². The summed E-state index contributed by atoms with van der Waals surface area (Å²) in [7, 11) is 0. The van der Waals surface area contributed by atoms with Gasteiger partial charge in [-0.1, -0.05) is 54.6 Å². The first kappa shape index (κ1) is 24.5. The first-order valence-corrected chi connectivity index (χ1v) is 14.0. The number of hydrogen-bond donors (Lipinski definition) is 0. The third-order valence-electron chi connectivity index (χ3n) is 8.03. The predicted molar refractivity (Wildman–Crippen MR) is 172 cm³/mol. The van der Waals surface area contributed by atoms with E-state index in [9.17, 15) is 10.5 Å². The number of rotatable bonds is 4. The highest BCUT2D eigenvalue weighted by molar-refractivity contribution is 6.24. The highest BCUT2D eigenvalue weighted by atomic mass is 16.3. The Kier molecular flexibility index (Phi) is 5.50. The maximum absolute atomic E-state index is 10.1. The van der Waals surface area contributed by atoms with Crippen molar-refractivity contribution < 1.29 is 4.42 Å². The molecule has 0 atom stereocenters. The lowest BCUT2D eigenvalue weighted by Crippen LogP contribution is -2.09. The van der Waals surface area contributed by atoms with E-state index in [-0.39, 0.29) is 0 Å². The molecule has 0 fully saturated rings. The van der Waals surface area contributed by atoms with Crippen LogP contribution in [0.4, 0.5) is 17.1 Å². The van der Waals surface area contributed by atoms with Crippen LogP contribution in [0.2, 0.25) is 0 Å². The molecule has 6 aromatic carbocycles. The fourth-order valence-electron chi connectivity index (χ4n) is 6.15. The number of nitrogens with zero attached hydrogens (tertiary/aromatic N) is 4. The van der Waals surface area contributed by atoms with Gasteiger partial charge in [-0.2, -0.15) is 10.5 Å². The molecule has 0 bridgehead atoms. The van der Waals surface area contributed by atoms with Gasteiger partial charge >= 0.3 is 0 Å². The zero-order valence-corrected chi connectivity index (χ0v) is 22.9. The van der Waals surface area contributed by atoms with Gasteiger partial charge in [0.1, 0.15) is 17.2 Å². The van der Waals surface area contributed by atoms with Gasteiger partial charge in [-0.15, -0.1) is 0 Å². The summed E-state index contributed by atoms with van der Waals surface area (Å²) in [6, 6.07) is 49.0. The van der Waals surface area contributed by atoms with Gasteiger partial charge in [-0.25, -0.2) is 0 Å². The van der Waals surface area contributed by atoms with Crippen LogP contribution in [0.15, 0.2) is 138 Å². The Balaban J connectivity index is 1.51. The molecule has 0 aliphatic carbocycles. The van der Waals surface area contributed by atoms with Crippen LogP contribution >= 0.6 is 0 Å². The smallest absolute Gasteiger partial charge is 0.145 e. The van der Waals surface area contributed by atoms with Gasteiger partial charge < -0.3 is 13.9 Å². The minimum absolute atomic E-state index is 0.488. The minimum atomic E-state index is 0.488. The SMILES string of the molecule is N#Cc1ccc(C#N)c(-n2c3ccc(N(c4ccccc4)c4ccccc4)cc3c3c4oc5ccccc5c4ccc32)c1. The fourth-order valence-corrected chi connectivity index (χ4v) is 6.15. The molecule has 2 heterocycles. The monoisotopic (exact) mass is 550 g/mol. The Hall–Kier alpha value is -6.30. The second-order valence-electron chi connectivity index (χ2n) is 10.4. The molecule has 0 radical (unpaired) electrons. The lowest BCUT2D eigenvalue weighted by atomic mass is 10.1. The minimum Gasteiger partial charge on any atom is -0.455 e. The van der Waals surface area contributed by atoms with Crippen LogP contribution in [-0.4, -0.2) is 4.57 Å². The molecule has 0 spiro atoms. The zero-order chi connectivity index (χ0) is 28.9. The molecule has 0 saturated carbocycles. The van der Waals surface area contributed by atoms with Crippen molar-refractivity contribution in [3.63, 3.8) is 0 Å². The van der Waals surface area contributed by atoms with Gasteiger partial charge in [0, 0.05) is 33.2 Å². The molecule has 2 aromatic heterocycles. The second-order valence-corrected chi connectivity index (χ2v) is 10.4. The number of fused-ring (bicyclic) bond motifs is 7. The average Bonchev–Trinajstić information content (AvgIpc) is 3.61. The van der Waals surface area contributed by atoms with Crippen LogP contribution in [0.25, 0.3) is 49.4 Å². The number of anilines is 3. The second kappa shape index (κ2) is 9.66. The normalized spacial score (nSPS) is 11.2. The summed E-state index contributed by atoms with van der Waals surface area (Å²) in [5.74, 6) is 0. The predicted octanol–water partition coefficient (Wildman–Crippen LogP) is 9.90. The van der Waals surface area contributed by atoms with Gasteiger partial charge in [0.2, 0.25) is 0 Å². The topological polar surface area (TPSA) is 68.9 Å². The number of benzene rings is 6. The standard InChI is InChI=1S/C38H22N4O/c39-23-25-15-16-26(24-40)35(21-25)42-33-19-17-29(41(27-9-3-1-4-10-27)28-11-5-2-6-12-28)22-32(33)37-34(42)20-18-31-30-13-7-8-14-36(30)43-38(31)37/h1-22H. The van der Waals surface area contributed by atoms with Crippen molar-refractivity contribution >= 4 is 60.8 Å². The Morgan fingerprint density at radius 3 is 1.98 bits per heavy atom. The lowest BCUT2D eigenvalue weighted by Gasteiger charge is -2.25. The van der Waals surface area contributed by atoms with Crippen LogP contribution < -0.4 is 4.90 Å². The van der Waals surface area contributed by atoms with Crippen molar-refractivity contribution in [3.8, 4) is 17.8 Å². The highest BCUT2D eigenvalue weighted by Gasteiger charge is 2.22. The molecule has 5 nitrogen and oxygen atoms in total. The molecule has 8 aromatic rings. The van der Waals surface area contributed by atoms with Crippen LogP contribution in [0.5, 0.6) is 0 Å². The molecule has 5 heteroatoms. The Morgan fingerprint density at radius 1 is 0.558 bits per heavy atom. The summed E-state index contributed by atoms with van der Waals surface area (Å²) >= 11 is 0. The Labute approximate surface area is 247 Å². The van der Waals surface area contributed by atoms with Crippen molar-refractivity contribution in [2.45, 2.75) is 0 Å². The molecule has 0 aliphatic rings. The van der Waals surface area contributed by atoms with Crippen molar-refractivity contribution in [2.24, 2.45) is 0 Å². The number of furan rings is 1. The van der Waals surface area contributed by atoms with Crippen molar-refractivity contribution in [3.05, 3.63) is 145 Å². The Morgan fingerprint density at radius 2 is 1.26 bits per heavy atom. The third kappa shape index (κ3) is 3.77. The largest absolute Gasteiger partial charge is 0.455 e. The van der Waals surface area contributed by atoms with E-state index in [1.165, 1.54) is 0 Å². The summed E-state index contributed by atoms with van der Waals surface area (Å²) in [6.07, 6.45) is 0. The maximum atomic E-state index is 10.1. The number of para-hydroxylation sites is 3. The zero-order valence-electron chi connectivity index (χ0n) is 22.9. The van der Waals surface area contributed by atoms with E-state index < -0.39 is 0 Å². The summed E-state index contributed by atoms with van der Waals surface area (Å²) in [6.45, 7) is 0. The summed E-state index contributed by atoms with van der Waals surface area (Å²) in [5, 5.41) is 23.8. The summed E-state index contributed by atoms with van der Waals surface area (Å²) in [5.41, 5.74) is 8.14. The maximum Gasteiger partial charge on any atom is 0.145 e. The van der Waals surface area contributed by atoms with E-state index in [1.54, 1.807) is 18.2 Å². The van der Waals surface area contributed by atoms with Crippen molar-refractivity contribution in [2.75, 3.05) is 4.90 Å². The third-order valence-corrected chi connectivity index (χ3v) is 8.03. The van der Waals surface area contributed by atoms with Crippen LogP contribution in [0.1, 0.15) is 11.1 Å². The summed E-state index contributed by atoms with van der Waals surface area (Å²) in [4.78, 5) is 2.23. The molecule has 0 unspecified atom stereocenters. The molecule has 0 aliphatic heterocycles. The molecule has 0 saturated heterocycles. The van der Waals surface area contributed by atoms with E-state index in [0.29, 0.717) is 16.8 Å². The molecule has 200 valence electrons. The first-order chi connectivity index (χ1) is 21.2. The number of nitriles is 2. The van der Waals surface area contributed by atoms with E-state index >= 15 is 0 Å². The quantitative estimate of drug-likeness (QED) is 0.219. The van der Waals surface area contributed by atoms with Crippen LogP contribution in [0, 0.1) is 22.7 Å². The molecule has 0 N–H and O–H groups in total. The van der Waals surface area contributed by atoms with E-state index in [1.807, 2.05) is 54.6 Å². The molecule has 43 heavy (non-hydrogen) atoms. The van der Waals surface area contributed by atoms with Crippen LogP contribution in [0.3, 0.4) is 0 Å². The average molecular weight is 551 g/mol. The Bertz CT molecular complexity index is 2380. The van der Waals surface area contributed by atoms with E-state index in [4.69, 9.17) is 4.42 Å². The van der Waals surface area contributed by atoms with Gasteiger partial charge in [0.25, 0.3) is 0 Å². The lowest BCUT2D eigenvalue weighted by molar-refractivity contribution is 0.673.